The third-order valence-corrected chi connectivity index (χ3v) is 6.70. The fourth-order valence-corrected chi connectivity index (χ4v) is 4.84. The molecule has 1 aromatic heterocycles. The first-order valence-corrected chi connectivity index (χ1v) is 12.2. The van der Waals surface area contributed by atoms with Crippen molar-refractivity contribution in [2.24, 2.45) is 0 Å². The average molecular weight is 472 g/mol. The number of carbonyl (C=O) groups excluding carboxylic acids is 2. The molecule has 3 rings (SSSR count). The number of aliphatic hydroxyl groups excluding tert-OH is 1. The number of carbonyl (C=O) groups is 2. The molecular weight excluding hydrogens is 438 g/mol. The lowest BCUT2D eigenvalue weighted by atomic mass is 9.95. The maximum Gasteiger partial charge on any atom is 0.290 e. The molecule has 1 atom stereocenters. The molecule has 1 aliphatic heterocycles. The Kier molecular flexibility index (Phi) is 8.26. The van der Waals surface area contributed by atoms with Crippen molar-refractivity contribution < 1.29 is 19.4 Å². The SMILES string of the molecule is CCCCOc1ccc(C2C(C(=O)c3sc(C)nc3C)=C(O)C(=O)N2CCCN(C)C)cc1. The van der Waals surface area contributed by atoms with Gasteiger partial charge < -0.3 is 19.6 Å². The van der Waals surface area contributed by atoms with E-state index >= 15 is 0 Å². The van der Waals surface area contributed by atoms with E-state index in [1.54, 1.807) is 11.8 Å². The number of benzene rings is 1. The highest BCUT2D eigenvalue weighted by molar-refractivity contribution is 7.14. The smallest absolute Gasteiger partial charge is 0.290 e. The van der Waals surface area contributed by atoms with Crippen molar-refractivity contribution in [3.05, 3.63) is 56.7 Å². The molecule has 8 heteroatoms. The first-order valence-electron chi connectivity index (χ1n) is 11.3. The van der Waals surface area contributed by atoms with E-state index in [9.17, 15) is 14.7 Å². The van der Waals surface area contributed by atoms with Gasteiger partial charge in [0, 0.05) is 6.54 Å². The van der Waals surface area contributed by atoms with Crippen LogP contribution in [0.1, 0.15) is 58.2 Å². The number of amides is 1. The van der Waals surface area contributed by atoms with Crippen LogP contribution in [0.5, 0.6) is 5.75 Å². The van der Waals surface area contributed by atoms with Crippen LogP contribution in [0.25, 0.3) is 0 Å². The first kappa shape index (κ1) is 24.9. The second-order valence-electron chi connectivity index (χ2n) is 8.57. The normalized spacial score (nSPS) is 16.2. The van der Waals surface area contributed by atoms with Gasteiger partial charge in [0.15, 0.2) is 5.76 Å². The number of aromatic nitrogens is 1. The minimum Gasteiger partial charge on any atom is -0.503 e. The molecule has 0 saturated heterocycles. The van der Waals surface area contributed by atoms with Gasteiger partial charge in [-0.05, 0) is 65.0 Å². The van der Waals surface area contributed by atoms with Crippen molar-refractivity contribution in [2.45, 2.75) is 46.1 Å². The zero-order valence-corrected chi connectivity index (χ0v) is 20.9. The van der Waals surface area contributed by atoms with Crippen LogP contribution in [-0.4, -0.2) is 65.4 Å². The number of aliphatic hydroxyl groups is 1. The lowest BCUT2D eigenvalue weighted by Gasteiger charge is -2.27. The Morgan fingerprint density at radius 2 is 1.91 bits per heavy atom. The monoisotopic (exact) mass is 471 g/mol. The highest BCUT2D eigenvalue weighted by atomic mass is 32.1. The maximum absolute atomic E-state index is 13.5. The lowest BCUT2D eigenvalue weighted by Crippen LogP contribution is -2.33. The lowest BCUT2D eigenvalue weighted by molar-refractivity contribution is -0.129. The summed E-state index contributed by atoms with van der Waals surface area (Å²) in [6.45, 7) is 7.58. The van der Waals surface area contributed by atoms with Gasteiger partial charge >= 0.3 is 0 Å². The molecule has 2 heterocycles. The van der Waals surface area contributed by atoms with Crippen LogP contribution in [-0.2, 0) is 4.79 Å². The van der Waals surface area contributed by atoms with Crippen molar-refractivity contribution in [3.63, 3.8) is 0 Å². The summed E-state index contributed by atoms with van der Waals surface area (Å²) >= 11 is 1.28. The first-order chi connectivity index (χ1) is 15.7. The highest BCUT2D eigenvalue weighted by Crippen LogP contribution is 2.40. The number of aryl methyl sites for hydroxylation is 2. The van der Waals surface area contributed by atoms with E-state index in [1.807, 2.05) is 50.2 Å². The molecule has 0 saturated carbocycles. The molecule has 1 aromatic carbocycles. The zero-order valence-electron chi connectivity index (χ0n) is 20.1. The fraction of sp³-hybridized carbons (Fsp3) is 0.480. The van der Waals surface area contributed by atoms with Gasteiger partial charge in [-0.1, -0.05) is 25.5 Å². The summed E-state index contributed by atoms with van der Waals surface area (Å²) in [6, 6.07) is 6.79. The predicted octanol–water partition coefficient (Wildman–Crippen LogP) is 4.47. The van der Waals surface area contributed by atoms with Crippen LogP contribution in [0.4, 0.5) is 0 Å². The van der Waals surface area contributed by atoms with Crippen LogP contribution in [0.2, 0.25) is 0 Å². The quantitative estimate of drug-likeness (QED) is 0.385. The van der Waals surface area contributed by atoms with E-state index in [2.05, 4.69) is 11.9 Å². The number of ether oxygens (including phenoxy) is 1. The molecule has 2 aromatic rings. The molecule has 7 nitrogen and oxygen atoms in total. The van der Waals surface area contributed by atoms with Crippen molar-refractivity contribution >= 4 is 23.0 Å². The average Bonchev–Trinajstić information content (AvgIpc) is 3.24. The summed E-state index contributed by atoms with van der Waals surface area (Å²) < 4.78 is 5.77. The summed E-state index contributed by atoms with van der Waals surface area (Å²) in [5, 5.41) is 11.6. The number of ketones is 1. The van der Waals surface area contributed by atoms with E-state index in [1.165, 1.54) is 11.3 Å². The van der Waals surface area contributed by atoms with Crippen LogP contribution in [0.15, 0.2) is 35.6 Å². The molecule has 1 N–H and O–H groups in total. The summed E-state index contributed by atoms with van der Waals surface area (Å²) in [4.78, 5) is 35.0. The second-order valence-corrected chi connectivity index (χ2v) is 9.77. The molecule has 33 heavy (non-hydrogen) atoms. The molecule has 0 fully saturated rings. The fourth-order valence-electron chi connectivity index (χ4n) is 3.97. The van der Waals surface area contributed by atoms with Crippen molar-refractivity contribution in [3.8, 4) is 5.75 Å². The van der Waals surface area contributed by atoms with Gasteiger partial charge in [0.2, 0.25) is 5.78 Å². The van der Waals surface area contributed by atoms with E-state index < -0.39 is 17.7 Å². The highest BCUT2D eigenvalue weighted by Gasteiger charge is 2.44. The molecule has 1 aliphatic rings. The molecule has 1 amide bonds. The molecule has 0 spiro atoms. The van der Waals surface area contributed by atoms with Gasteiger partial charge in [-0.15, -0.1) is 11.3 Å². The maximum atomic E-state index is 13.5. The standard InChI is InChI=1S/C25H33N3O4S/c1-6-7-15-32-19-11-9-18(10-12-19)21-20(22(29)24-16(2)26-17(3)33-24)23(30)25(31)28(21)14-8-13-27(4)5/h9-12,21,30H,6-8,13-15H2,1-5H3. The number of hydrogen-bond acceptors (Lipinski definition) is 7. The number of unbranched alkanes of at least 4 members (excludes halogenated alkanes) is 1. The van der Waals surface area contributed by atoms with E-state index in [0.29, 0.717) is 23.7 Å². The Balaban J connectivity index is 1.96. The topological polar surface area (TPSA) is 83.0 Å². The van der Waals surface area contributed by atoms with Crippen LogP contribution < -0.4 is 4.74 Å². The Morgan fingerprint density at radius 3 is 2.48 bits per heavy atom. The number of nitrogens with zero attached hydrogens (tertiary/aromatic N) is 3. The third-order valence-electron chi connectivity index (χ3n) is 5.62. The van der Waals surface area contributed by atoms with Crippen molar-refractivity contribution in [1.82, 2.24) is 14.8 Å². The van der Waals surface area contributed by atoms with Crippen molar-refractivity contribution in [1.29, 1.82) is 0 Å². The minimum atomic E-state index is -0.654. The van der Waals surface area contributed by atoms with Gasteiger partial charge in [0.05, 0.1) is 33.8 Å². The summed E-state index contributed by atoms with van der Waals surface area (Å²) in [6.07, 6.45) is 2.75. The van der Waals surface area contributed by atoms with E-state index in [-0.39, 0.29) is 11.4 Å². The molecule has 0 bridgehead atoms. The molecule has 178 valence electrons. The second kappa shape index (κ2) is 10.9. The molecule has 0 aliphatic carbocycles. The third kappa shape index (κ3) is 5.62. The molecule has 1 unspecified atom stereocenters. The number of rotatable bonds is 11. The Morgan fingerprint density at radius 1 is 1.21 bits per heavy atom. The van der Waals surface area contributed by atoms with Gasteiger partial charge in [0.1, 0.15) is 5.75 Å². The Labute approximate surface area is 199 Å². The van der Waals surface area contributed by atoms with Gasteiger partial charge in [-0.3, -0.25) is 9.59 Å². The summed E-state index contributed by atoms with van der Waals surface area (Å²) in [5.74, 6) is -0.578. The molecular formula is C25H33N3O4S. The zero-order chi connectivity index (χ0) is 24.1. The largest absolute Gasteiger partial charge is 0.503 e. The van der Waals surface area contributed by atoms with Crippen LogP contribution in [0.3, 0.4) is 0 Å². The molecule has 0 radical (unpaired) electrons. The Hall–Kier alpha value is -2.71. The van der Waals surface area contributed by atoms with Gasteiger partial charge in [-0.25, -0.2) is 4.98 Å². The minimum absolute atomic E-state index is 0.122. The van der Waals surface area contributed by atoms with E-state index in [4.69, 9.17) is 4.74 Å². The number of thiazole rings is 1. The van der Waals surface area contributed by atoms with Crippen molar-refractivity contribution in [2.75, 3.05) is 33.8 Å². The summed E-state index contributed by atoms with van der Waals surface area (Å²) in [7, 11) is 3.94. The van der Waals surface area contributed by atoms with Crippen LogP contribution >= 0.6 is 11.3 Å². The number of Topliss-reactive ketones (excluding diaryl/α,β-unsaturated/α-hetero) is 1. The summed E-state index contributed by atoms with van der Waals surface area (Å²) in [5.41, 5.74) is 1.50. The van der Waals surface area contributed by atoms with Gasteiger partial charge in [0.25, 0.3) is 5.91 Å². The van der Waals surface area contributed by atoms with Gasteiger partial charge in [-0.2, -0.15) is 0 Å². The van der Waals surface area contributed by atoms with E-state index in [0.717, 1.165) is 42.1 Å². The Bertz CT molecular complexity index is 1030. The number of hydrogen-bond donors (Lipinski definition) is 1. The van der Waals surface area contributed by atoms with Crippen LogP contribution in [0, 0.1) is 13.8 Å². The predicted molar refractivity (Wildman–Crippen MR) is 130 cm³/mol.